The van der Waals surface area contributed by atoms with E-state index in [0.717, 1.165) is 31.2 Å². The third-order valence-electron chi connectivity index (χ3n) is 5.58. The van der Waals surface area contributed by atoms with Gasteiger partial charge in [0.05, 0.1) is 18.8 Å². The number of nitrogens with two attached hydrogens (primary N) is 1. The Bertz CT molecular complexity index is 746. The van der Waals surface area contributed by atoms with Gasteiger partial charge in [-0.2, -0.15) is 0 Å². The van der Waals surface area contributed by atoms with Crippen molar-refractivity contribution in [3.8, 4) is 0 Å². The Balaban J connectivity index is 1.58. The molecule has 0 unspecified atom stereocenters. The van der Waals surface area contributed by atoms with Crippen LogP contribution in [0.3, 0.4) is 0 Å². The normalized spacial score (nSPS) is 22.7. The second-order valence-corrected chi connectivity index (χ2v) is 7.55. The molecule has 2 aromatic rings. The summed E-state index contributed by atoms with van der Waals surface area (Å²) < 4.78 is 7.93. The summed E-state index contributed by atoms with van der Waals surface area (Å²) in [5.41, 5.74) is 8.35. The highest BCUT2D eigenvalue weighted by Crippen LogP contribution is 2.34. The minimum Gasteiger partial charge on any atom is -0.376 e. The van der Waals surface area contributed by atoms with E-state index in [1.165, 1.54) is 5.56 Å². The van der Waals surface area contributed by atoms with Crippen molar-refractivity contribution in [1.29, 1.82) is 0 Å². The summed E-state index contributed by atoms with van der Waals surface area (Å²) in [5.74, 6) is 0.639. The molecule has 3 rings (SSSR count). The summed E-state index contributed by atoms with van der Waals surface area (Å²) in [7, 11) is 0. The molecular formula is C22H30N2O2. The van der Waals surface area contributed by atoms with E-state index in [1.54, 1.807) is 4.57 Å². The highest BCUT2D eigenvalue weighted by Gasteiger charge is 2.25. The molecule has 1 aliphatic carbocycles. The number of hydrogen-bond donors (Lipinski definition) is 1. The molecule has 0 bridgehead atoms. The van der Waals surface area contributed by atoms with E-state index in [0.29, 0.717) is 12.5 Å². The number of pyridine rings is 1. The van der Waals surface area contributed by atoms with Gasteiger partial charge in [-0.05, 0) is 57.1 Å². The molecule has 2 atom stereocenters. The Labute approximate surface area is 156 Å². The molecule has 4 heteroatoms. The van der Waals surface area contributed by atoms with Gasteiger partial charge in [0.2, 0.25) is 0 Å². The van der Waals surface area contributed by atoms with Crippen molar-refractivity contribution in [3.63, 3.8) is 0 Å². The first kappa shape index (κ1) is 18.9. The van der Waals surface area contributed by atoms with Gasteiger partial charge >= 0.3 is 0 Å². The molecule has 1 fully saturated rings. The quantitative estimate of drug-likeness (QED) is 0.859. The van der Waals surface area contributed by atoms with Crippen LogP contribution in [0.1, 0.15) is 55.7 Å². The zero-order chi connectivity index (χ0) is 18.5. The maximum absolute atomic E-state index is 12.4. The van der Waals surface area contributed by atoms with Crippen LogP contribution in [0.4, 0.5) is 0 Å². The molecule has 0 aliphatic heterocycles. The van der Waals surface area contributed by atoms with Crippen LogP contribution in [-0.4, -0.2) is 23.3 Å². The van der Waals surface area contributed by atoms with Gasteiger partial charge in [-0.25, -0.2) is 0 Å². The number of nitrogens with zero attached hydrogens (tertiary/aromatic N) is 1. The zero-order valence-electron chi connectivity index (χ0n) is 15.8. The Morgan fingerprint density at radius 3 is 2.46 bits per heavy atom. The van der Waals surface area contributed by atoms with Crippen molar-refractivity contribution in [2.75, 3.05) is 6.61 Å². The molecule has 1 aromatic heterocycles. The number of aromatic nitrogens is 1. The standard InChI is InChI=1S/C22H30N2O2/c1-16-7-6-14-24(22(16)25)21(17(2)23)15-26-20-12-10-19(11-13-20)18-8-4-3-5-9-18/h3-9,14,17,19-21H,10-13,15,23H2,1-2H3/t17-,19-,20+,21+/m1/s1. The number of aryl methyl sites for hydroxylation is 1. The predicted molar refractivity (Wildman–Crippen MR) is 106 cm³/mol. The fraction of sp³-hybridized carbons (Fsp3) is 0.500. The molecule has 140 valence electrons. The van der Waals surface area contributed by atoms with Gasteiger partial charge in [0, 0.05) is 17.8 Å². The van der Waals surface area contributed by atoms with Crippen LogP contribution in [0.5, 0.6) is 0 Å². The second kappa shape index (κ2) is 8.65. The Hall–Kier alpha value is -1.91. The zero-order valence-corrected chi connectivity index (χ0v) is 15.8. The molecule has 0 amide bonds. The average Bonchev–Trinajstić information content (AvgIpc) is 2.66. The first-order valence-electron chi connectivity index (χ1n) is 9.66. The van der Waals surface area contributed by atoms with Gasteiger partial charge in [-0.15, -0.1) is 0 Å². The summed E-state index contributed by atoms with van der Waals surface area (Å²) in [4.78, 5) is 12.4. The van der Waals surface area contributed by atoms with E-state index < -0.39 is 0 Å². The van der Waals surface area contributed by atoms with Crippen LogP contribution in [0.25, 0.3) is 0 Å². The number of ether oxygens (including phenoxy) is 1. The molecule has 1 heterocycles. The summed E-state index contributed by atoms with van der Waals surface area (Å²) in [6.07, 6.45) is 6.52. The van der Waals surface area contributed by atoms with Crippen molar-refractivity contribution in [2.24, 2.45) is 5.73 Å². The van der Waals surface area contributed by atoms with Crippen LogP contribution < -0.4 is 11.3 Å². The average molecular weight is 354 g/mol. The van der Waals surface area contributed by atoms with Gasteiger partial charge in [0.25, 0.3) is 5.56 Å². The summed E-state index contributed by atoms with van der Waals surface area (Å²) in [6, 6.07) is 14.2. The van der Waals surface area contributed by atoms with Gasteiger partial charge in [-0.1, -0.05) is 36.4 Å². The minimum absolute atomic E-state index is 0.0196. The highest BCUT2D eigenvalue weighted by atomic mass is 16.5. The van der Waals surface area contributed by atoms with E-state index in [4.69, 9.17) is 10.5 Å². The lowest BCUT2D eigenvalue weighted by Gasteiger charge is -2.31. The molecule has 4 nitrogen and oxygen atoms in total. The highest BCUT2D eigenvalue weighted by molar-refractivity contribution is 5.20. The number of hydrogen-bond acceptors (Lipinski definition) is 3. The molecule has 1 saturated carbocycles. The van der Waals surface area contributed by atoms with Gasteiger partial charge in [-0.3, -0.25) is 4.79 Å². The molecule has 26 heavy (non-hydrogen) atoms. The SMILES string of the molecule is Cc1cccn([C@@H](CO[C@H]2CC[C@@H](c3ccccc3)CC2)[C@@H](C)N)c1=O. The van der Waals surface area contributed by atoms with Crippen LogP contribution in [0.15, 0.2) is 53.5 Å². The number of benzene rings is 1. The Kier molecular flexibility index (Phi) is 6.28. The van der Waals surface area contributed by atoms with E-state index in [1.807, 2.05) is 32.2 Å². The van der Waals surface area contributed by atoms with Crippen LogP contribution in [0.2, 0.25) is 0 Å². The van der Waals surface area contributed by atoms with Crippen LogP contribution in [-0.2, 0) is 4.74 Å². The molecule has 1 aromatic carbocycles. The first-order valence-corrected chi connectivity index (χ1v) is 9.66. The summed E-state index contributed by atoms with van der Waals surface area (Å²) in [6.45, 7) is 4.26. The van der Waals surface area contributed by atoms with Crippen molar-refractivity contribution < 1.29 is 4.74 Å². The molecule has 0 radical (unpaired) electrons. The van der Waals surface area contributed by atoms with Crippen molar-refractivity contribution >= 4 is 0 Å². The fourth-order valence-electron chi connectivity index (χ4n) is 3.89. The van der Waals surface area contributed by atoms with Crippen molar-refractivity contribution in [1.82, 2.24) is 4.57 Å². The Morgan fingerprint density at radius 1 is 1.12 bits per heavy atom. The molecule has 0 saturated heterocycles. The summed E-state index contributed by atoms with van der Waals surface area (Å²) >= 11 is 0. The first-order chi connectivity index (χ1) is 12.6. The van der Waals surface area contributed by atoms with E-state index in [2.05, 4.69) is 30.3 Å². The van der Waals surface area contributed by atoms with Crippen LogP contribution in [0, 0.1) is 6.92 Å². The topological polar surface area (TPSA) is 57.2 Å². The van der Waals surface area contributed by atoms with Crippen molar-refractivity contribution in [3.05, 3.63) is 70.1 Å². The monoisotopic (exact) mass is 354 g/mol. The fourth-order valence-corrected chi connectivity index (χ4v) is 3.89. The largest absolute Gasteiger partial charge is 0.376 e. The molecular weight excluding hydrogens is 324 g/mol. The minimum atomic E-state index is -0.143. The van der Waals surface area contributed by atoms with E-state index >= 15 is 0 Å². The second-order valence-electron chi connectivity index (χ2n) is 7.55. The van der Waals surface area contributed by atoms with Gasteiger partial charge in [0.15, 0.2) is 0 Å². The molecule has 2 N–H and O–H groups in total. The third kappa shape index (κ3) is 4.43. The maximum atomic E-state index is 12.4. The maximum Gasteiger partial charge on any atom is 0.253 e. The third-order valence-corrected chi connectivity index (χ3v) is 5.58. The summed E-state index contributed by atoms with van der Waals surface area (Å²) in [5, 5.41) is 0. The van der Waals surface area contributed by atoms with E-state index in [-0.39, 0.29) is 23.7 Å². The predicted octanol–water partition coefficient (Wildman–Crippen LogP) is 3.79. The number of rotatable bonds is 6. The molecule has 1 aliphatic rings. The smallest absolute Gasteiger partial charge is 0.253 e. The van der Waals surface area contributed by atoms with E-state index in [9.17, 15) is 4.79 Å². The lowest BCUT2D eigenvalue weighted by Crippen LogP contribution is -2.39. The van der Waals surface area contributed by atoms with Gasteiger partial charge in [0.1, 0.15) is 0 Å². The lowest BCUT2D eigenvalue weighted by molar-refractivity contribution is 0.00325. The molecule has 0 spiro atoms. The lowest BCUT2D eigenvalue weighted by atomic mass is 9.83. The van der Waals surface area contributed by atoms with Crippen molar-refractivity contribution in [2.45, 2.75) is 63.6 Å². The van der Waals surface area contributed by atoms with Crippen LogP contribution >= 0.6 is 0 Å². The van der Waals surface area contributed by atoms with Gasteiger partial charge < -0.3 is 15.0 Å². The Morgan fingerprint density at radius 2 is 1.81 bits per heavy atom.